The lowest BCUT2D eigenvalue weighted by atomic mass is 9.92. The smallest absolute Gasteiger partial charge is 0.450 e. The number of hydrogen-bond donors (Lipinski definition) is 1. The van der Waals surface area contributed by atoms with Crippen LogP contribution in [0.25, 0.3) is 0 Å². The molecule has 0 radical (unpaired) electrons. The Morgan fingerprint density at radius 2 is 1.33 bits per heavy atom. The van der Waals surface area contributed by atoms with E-state index in [1.165, 1.54) is 0 Å². The quantitative estimate of drug-likeness (QED) is 0.590. The van der Waals surface area contributed by atoms with Gasteiger partial charge in [-0.25, -0.2) is 14.4 Å². The summed E-state index contributed by atoms with van der Waals surface area (Å²) in [5, 5.41) is 8.70. The summed E-state index contributed by atoms with van der Waals surface area (Å²) in [6.45, 7) is 6.67. The minimum Gasteiger partial charge on any atom is -0.450 e. The Morgan fingerprint density at radius 1 is 0.833 bits per heavy atom. The number of carbonyl (C=O) groups excluding carboxylic acids is 2. The Labute approximate surface area is 140 Å². The van der Waals surface area contributed by atoms with Crippen molar-refractivity contribution < 1.29 is 43.2 Å². The second kappa shape index (κ2) is 9.19. The van der Waals surface area contributed by atoms with Crippen molar-refractivity contribution in [2.45, 2.75) is 77.5 Å². The van der Waals surface area contributed by atoms with Crippen LogP contribution in [0.3, 0.4) is 0 Å². The van der Waals surface area contributed by atoms with E-state index in [0.29, 0.717) is 6.42 Å². The van der Waals surface area contributed by atoms with Gasteiger partial charge >= 0.3 is 18.5 Å². The summed E-state index contributed by atoms with van der Waals surface area (Å²) in [7, 11) is 0. The van der Waals surface area contributed by atoms with Gasteiger partial charge in [-0.15, -0.1) is 0 Å². The number of carbonyl (C=O) groups is 3. The molecule has 3 unspecified atom stereocenters. The van der Waals surface area contributed by atoms with Crippen molar-refractivity contribution >= 4 is 18.5 Å². The predicted octanol–water partition coefficient (Wildman–Crippen LogP) is 3.09. The molecule has 138 valence electrons. The van der Waals surface area contributed by atoms with Crippen LogP contribution in [0.5, 0.6) is 0 Å². The fourth-order valence-electron chi connectivity index (χ4n) is 2.26. The van der Waals surface area contributed by atoms with Gasteiger partial charge in [0.2, 0.25) is 0 Å². The summed E-state index contributed by atoms with van der Waals surface area (Å²) in [5.74, 6) is 0. The zero-order valence-corrected chi connectivity index (χ0v) is 14.2. The molecule has 0 spiro atoms. The molecule has 0 bridgehead atoms. The van der Waals surface area contributed by atoms with Crippen LogP contribution in [0, 0.1) is 0 Å². The summed E-state index contributed by atoms with van der Waals surface area (Å²) >= 11 is 0. The first-order valence-corrected chi connectivity index (χ1v) is 7.81. The minimum atomic E-state index is -1.41. The molecule has 0 aromatic rings. The lowest BCUT2D eigenvalue weighted by Crippen LogP contribution is -2.43. The van der Waals surface area contributed by atoms with Crippen LogP contribution < -0.4 is 0 Å². The molecule has 0 saturated heterocycles. The van der Waals surface area contributed by atoms with E-state index in [9.17, 15) is 14.4 Å². The van der Waals surface area contributed by atoms with Crippen LogP contribution in [-0.4, -0.2) is 54.1 Å². The topological polar surface area (TPSA) is 118 Å². The van der Waals surface area contributed by atoms with Gasteiger partial charge < -0.3 is 28.8 Å². The van der Waals surface area contributed by atoms with Crippen molar-refractivity contribution in [1.82, 2.24) is 0 Å². The molecular weight excluding hydrogens is 324 g/mol. The molecule has 0 aromatic carbocycles. The van der Waals surface area contributed by atoms with E-state index in [-0.39, 0.29) is 25.0 Å². The van der Waals surface area contributed by atoms with Crippen molar-refractivity contribution in [1.29, 1.82) is 0 Å². The molecular formula is C15H24O9. The number of carboxylic acid groups (broad SMARTS) is 1. The summed E-state index contributed by atoms with van der Waals surface area (Å²) in [6, 6.07) is 0. The molecule has 3 atom stereocenters. The molecule has 9 nitrogen and oxygen atoms in total. The molecule has 1 aliphatic carbocycles. The first-order chi connectivity index (χ1) is 11.2. The fraction of sp³-hybridized carbons (Fsp3) is 0.800. The zero-order chi connectivity index (χ0) is 18.3. The summed E-state index contributed by atoms with van der Waals surface area (Å²) in [6.07, 6.45) is -5.56. The molecule has 1 aliphatic rings. The maximum atomic E-state index is 11.7. The van der Waals surface area contributed by atoms with Gasteiger partial charge in [-0.05, 0) is 40.5 Å². The number of ether oxygens (including phenoxy) is 5. The van der Waals surface area contributed by atoms with Crippen LogP contribution in [0.15, 0.2) is 0 Å². The third-order valence-electron chi connectivity index (χ3n) is 3.11. The van der Waals surface area contributed by atoms with Crippen LogP contribution in [-0.2, 0) is 23.7 Å². The van der Waals surface area contributed by atoms with Crippen LogP contribution in [0.2, 0.25) is 0 Å². The van der Waals surface area contributed by atoms with Gasteiger partial charge in [-0.2, -0.15) is 0 Å². The second-order valence-electron chi connectivity index (χ2n) is 5.96. The highest BCUT2D eigenvalue weighted by atomic mass is 16.8. The molecule has 1 N–H and O–H groups in total. The first-order valence-electron chi connectivity index (χ1n) is 7.81. The van der Waals surface area contributed by atoms with E-state index >= 15 is 0 Å². The molecule has 1 fully saturated rings. The highest BCUT2D eigenvalue weighted by Crippen LogP contribution is 2.27. The normalized spacial score (nSPS) is 23.5. The lowest BCUT2D eigenvalue weighted by Gasteiger charge is -2.33. The van der Waals surface area contributed by atoms with E-state index in [0.717, 1.165) is 0 Å². The molecule has 1 rings (SSSR count). The largest absolute Gasteiger partial charge is 0.508 e. The highest BCUT2D eigenvalue weighted by Gasteiger charge is 2.38. The third kappa shape index (κ3) is 7.38. The van der Waals surface area contributed by atoms with Crippen LogP contribution in [0.4, 0.5) is 14.4 Å². The van der Waals surface area contributed by atoms with Gasteiger partial charge in [-0.1, -0.05) is 0 Å². The van der Waals surface area contributed by atoms with Crippen molar-refractivity contribution in [3.05, 3.63) is 0 Å². The van der Waals surface area contributed by atoms with Gasteiger partial charge in [-0.3, -0.25) is 0 Å². The van der Waals surface area contributed by atoms with E-state index in [4.69, 9.17) is 28.8 Å². The van der Waals surface area contributed by atoms with E-state index < -0.39 is 36.8 Å². The summed E-state index contributed by atoms with van der Waals surface area (Å²) < 4.78 is 24.9. The maximum Gasteiger partial charge on any atom is 0.508 e. The maximum absolute atomic E-state index is 11.7. The number of hydrogen-bond acceptors (Lipinski definition) is 8. The lowest BCUT2D eigenvalue weighted by molar-refractivity contribution is -0.102. The van der Waals surface area contributed by atoms with E-state index in [1.807, 2.05) is 0 Å². The predicted molar refractivity (Wildman–Crippen MR) is 79.7 cm³/mol. The third-order valence-corrected chi connectivity index (χ3v) is 3.11. The van der Waals surface area contributed by atoms with Crippen LogP contribution in [0.1, 0.15) is 47.0 Å². The molecule has 0 aromatic heterocycles. The Morgan fingerprint density at radius 3 is 1.79 bits per heavy atom. The molecule has 9 heteroatoms. The SMILES string of the molecule is CC(C)OC(=O)OC1CCC(OC(=O)O)CC1OC(=O)OC(C)C. The van der Waals surface area contributed by atoms with Crippen LogP contribution >= 0.6 is 0 Å². The Kier molecular flexibility index (Phi) is 7.60. The molecule has 24 heavy (non-hydrogen) atoms. The van der Waals surface area contributed by atoms with Crippen molar-refractivity contribution in [2.24, 2.45) is 0 Å². The molecule has 1 saturated carbocycles. The Hall–Kier alpha value is -2.19. The standard InChI is InChI=1S/C15H24O9/c1-8(2)20-14(18)23-11-6-5-10(22-13(16)17)7-12(11)24-15(19)21-9(3)4/h8-12H,5-7H2,1-4H3,(H,16,17). The Balaban J connectivity index is 2.70. The average molecular weight is 348 g/mol. The molecule has 0 amide bonds. The highest BCUT2D eigenvalue weighted by molar-refractivity contribution is 5.62. The monoisotopic (exact) mass is 348 g/mol. The first kappa shape index (κ1) is 19.9. The summed E-state index contributed by atoms with van der Waals surface area (Å²) in [5.41, 5.74) is 0. The minimum absolute atomic E-state index is 0.0686. The van der Waals surface area contributed by atoms with Gasteiger partial charge in [0.05, 0.1) is 12.2 Å². The summed E-state index contributed by atoms with van der Waals surface area (Å²) in [4.78, 5) is 34.0. The Bertz CT molecular complexity index is 446. The van der Waals surface area contributed by atoms with Crippen molar-refractivity contribution in [3.8, 4) is 0 Å². The average Bonchev–Trinajstić information content (AvgIpc) is 2.39. The molecule has 0 aliphatic heterocycles. The van der Waals surface area contributed by atoms with E-state index in [2.05, 4.69) is 0 Å². The van der Waals surface area contributed by atoms with Gasteiger partial charge in [0.1, 0.15) is 18.3 Å². The second-order valence-corrected chi connectivity index (χ2v) is 5.96. The fourth-order valence-corrected chi connectivity index (χ4v) is 2.26. The van der Waals surface area contributed by atoms with E-state index in [1.54, 1.807) is 27.7 Å². The van der Waals surface area contributed by atoms with Gasteiger partial charge in [0, 0.05) is 6.42 Å². The molecule has 0 heterocycles. The zero-order valence-electron chi connectivity index (χ0n) is 14.2. The number of rotatable bonds is 5. The van der Waals surface area contributed by atoms with Crippen molar-refractivity contribution in [2.75, 3.05) is 0 Å². The van der Waals surface area contributed by atoms with Gasteiger partial charge in [0.15, 0.2) is 0 Å². The van der Waals surface area contributed by atoms with Gasteiger partial charge in [0.25, 0.3) is 0 Å². The van der Waals surface area contributed by atoms with Crippen molar-refractivity contribution in [3.63, 3.8) is 0 Å².